The van der Waals surface area contributed by atoms with Crippen molar-refractivity contribution in [1.29, 1.82) is 0 Å². The van der Waals surface area contributed by atoms with Crippen molar-refractivity contribution < 1.29 is 23.1 Å². The molecular weight excluding hydrogens is 616 g/mol. The number of piperidine rings is 1. The first kappa shape index (κ1) is 35.6. The molecule has 3 aliphatic heterocycles. The van der Waals surface area contributed by atoms with Crippen molar-refractivity contribution in [2.45, 2.75) is 127 Å². The Kier molecular flexibility index (Phi) is 10.9. The summed E-state index contributed by atoms with van der Waals surface area (Å²) in [5.74, 6) is -0.312. The highest BCUT2D eigenvalue weighted by Crippen LogP contribution is 2.44. The lowest BCUT2D eigenvalue weighted by Crippen LogP contribution is -2.75. The maximum Gasteiger partial charge on any atom is 0.248 e. The van der Waals surface area contributed by atoms with Crippen LogP contribution in [-0.4, -0.2) is 95.4 Å². The Balaban J connectivity index is 1.41. The van der Waals surface area contributed by atoms with E-state index in [1.807, 2.05) is 45.9 Å². The fourth-order valence-electron chi connectivity index (χ4n) is 8.36. The quantitative estimate of drug-likeness (QED) is 0.329. The molecule has 4 aliphatic rings. The summed E-state index contributed by atoms with van der Waals surface area (Å²) in [7, 11) is -3.61. The standard InChI is InChI=1S/C35H54N6O5S/c1-6-9-21-41-32(43)29(30(42)26-13-11-10-12-14-26)36-33(44)35(41)19-22-39(23-20-35)31(34(5)24-25(4)37-38-34)27-15-17-28(18-16-27)47(45,46)40(7-2)8-3/h15-18,24,26,29-31,42H,6-14,19-23H2,1-5H3,(H,36,44)/t29-,30-,31?,34?/m1/s1. The number of hydrogen-bond donors (Lipinski definition) is 2. The van der Waals surface area contributed by atoms with Crippen LogP contribution >= 0.6 is 0 Å². The van der Waals surface area contributed by atoms with E-state index in [1.54, 1.807) is 17.0 Å². The van der Waals surface area contributed by atoms with Crippen LogP contribution in [0.1, 0.15) is 104 Å². The smallest absolute Gasteiger partial charge is 0.248 e. The molecule has 3 heterocycles. The number of amides is 2. The van der Waals surface area contributed by atoms with Crippen LogP contribution in [0, 0.1) is 5.92 Å². The number of likely N-dealkylation sites (tertiary alicyclic amines) is 1. The molecule has 1 saturated carbocycles. The Morgan fingerprint density at radius 2 is 1.68 bits per heavy atom. The highest BCUT2D eigenvalue weighted by atomic mass is 32.2. The molecule has 47 heavy (non-hydrogen) atoms. The molecule has 0 bridgehead atoms. The number of unbranched alkanes of at least 4 members (excludes halogenated alkanes) is 1. The highest BCUT2D eigenvalue weighted by Gasteiger charge is 2.56. The first-order valence-electron chi connectivity index (χ1n) is 17.7. The summed E-state index contributed by atoms with van der Waals surface area (Å²) in [5, 5.41) is 23.4. The number of aliphatic hydroxyl groups is 1. The van der Waals surface area contributed by atoms with Crippen molar-refractivity contribution in [2.75, 3.05) is 32.7 Å². The lowest BCUT2D eigenvalue weighted by atomic mass is 9.76. The SMILES string of the molecule is CCCCN1C(=O)[C@@H]([C@H](O)C2CCCCC2)NC(=O)C12CCN(C(c1ccc(S(=O)(=O)N(CC)CC)cc1)C1(C)C=C(C)N=N1)CC2. The van der Waals surface area contributed by atoms with Gasteiger partial charge in [-0.2, -0.15) is 14.5 Å². The average molecular weight is 671 g/mol. The molecule has 2 amide bonds. The van der Waals surface area contributed by atoms with E-state index < -0.39 is 33.2 Å². The van der Waals surface area contributed by atoms with Crippen molar-refractivity contribution in [3.63, 3.8) is 0 Å². The van der Waals surface area contributed by atoms with E-state index in [0.717, 1.165) is 56.2 Å². The molecule has 1 aromatic rings. The maximum atomic E-state index is 14.1. The number of nitrogens with zero attached hydrogens (tertiary/aromatic N) is 5. The minimum Gasteiger partial charge on any atom is -0.390 e. The third-order valence-corrected chi connectivity index (χ3v) is 13.0. The Hall–Kier alpha value is -2.67. The summed E-state index contributed by atoms with van der Waals surface area (Å²) in [6.07, 6.45) is 8.71. The van der Waals surface area contributed by atoms with Crippen LogP contribution in [0.3, 0.4) is 0 Å². The van der Waals surface area contributed by atoms with Gasteiger partial charge in [-0.05, 0) is 75.6 Å². The van der Waals surface area contributed by atoms with Gasteiger partial charge in [0.25, 0.3) is 0 Å². The molecule has 1 aromatic carbocycles. The van der Waals surface area contributed by atoms with Crippen molar-refractivity contribution in [1.82, 2.24) is 19.4 Å². The molecule has 2 N–H and O–H groups in total. The monoisotopic (exact) mass is 670 g/mol. The number of hydrogen-bond acceptors (Lipinski definition) is 8. The first-order chi connectivity index (χ1) is 22.4. The third kappa shape index (κ3) is 6.80. The molecule has 4 atom stereocenters. The number of piperazine rings is 1. The molecule has 5 rings (SSSR count). The van der Waals surface area contributed by atoms with Gasteiger partial charge in [-0.25, -0.2) is 8.42 Å². The van der Waals surface area contributed by atoms with Crippen LogP contribution < -0.4 is 5.32 Å². The van der Waals surface area contributed by atoms with Crippen molar-refractivity contribution in [3.05, 3.63) is 41.6 Å². The molecule has 11 nitrogen and oxygen atoms in total. The zero-order chi connectivity index (χ0) is 34.0. The van der Waals surface area contributed by atoms with Gasteiger partial charge in [0.1, 0.15) is 17.1 Å². The summed E-state index contributed by atoms with van der Waals surface area (Å²) < 4.78 is 27.9. The number of carbonyl (C=O) groups is 2. The number of benzene rings is 1. The fraction of sp³-hybridized carbons (Fsp3) is 0.714. The number of azo groups is 1. The largest absolute Gasteiger partial charge is 0.390 e. The summed E-state index contributed by atoms with van der Waals surface area (Å²) in [6, 6.07) is 5.91. The predicted octanol–water partition coefficient (Wildman–Crippen LogP) is 4.79. The predicted molar refractivity (Wildman–Crippen MR) is 181 cm³/mol. The number of aliphatic hydroxyl groups excluding tert-OH is 1. The van der Waals surface area contributed by atoms with Crippen molar-refractivity contribution in [2.24, 2.45) is 16.1 Å². The van der Waals surface area contributed by atoms with E-state index in [9.17, 15) is 23.1 Å². The third-order valence-electron chi connectivity index (χ3n) is 11.0. The van der Waals surface area contributed by atoms with Gasteiger partial charge in [-0.15, -0.1) is 0 Å². The van der Waals surface area contributed by atoms with Gasteiger partial charge in [0.2, 0.25) is 21.8 Å². The molecule has 260 valence electrons. The number of rotatable bonds is 12. The Morgan fingerprint density at radius 1 is 1.04 bits per heavy atom. The van der Waals surface area contributed by atoms with Gasteiger partial charge in [-0.3, -0.25) is 14.5 Å². The normalized spacial score (nSPS) is 26.9. The lowest BCUT2D eigenvalue weighted by molar-refractivity contribution is -0.166. The number of nitrogens with one attached hydrogen (secondary N) is 1. The maximum absolute atomic E-state index is 14.1. The van der Waals surface area contributed by atoms with E-state index in [-0.39, 0.29) is 28.7 Å². The summed E-state index contributed by atoms with van der Waals surface area (Å²) in [6.45, 7) is 12.0. The minimum absolute atomic E-state index is 0.0221. The van der Waals surface area contributed by atoms with E-state index >= 15 is 0 Å². The molecule has 12 heteroatoms. The number of allylic oxidation sites excluding steroid dienone is 1. The minimum atomic E-state index is -3.61. The summed E-state index contributed by atoms with van der Waals surface area (Å²) in [4.78, 5) is 32.6. The molecule has 0 radical (unpaired) electrons. The molecule has 2 unspecified atom stereocenters. The number of carbonyl (C=O) groups excluding carboxylic acids is 2. The van der Waals surface area contributed by atoms with Crippen molar-refractivity contribution in [3.8, 4) is 0 Å². The molecule has 2 saturated heterocycles. The Morgan fingerprint density at radius 3 is 2.23 bits per heavy atom. The van der Waals surface area contributed by atoms with Gasteiger partial charge < -0.3 is 15.3 Å². The average Bonchev–Trinajstić information content (AvgIpc) is 3.42. The van der Waals surface area contributed by atoms with Gasteiger partial charge in [0.05, 0.1) is 22.7 Å². The Bertz CT molecular complexity index is 1440. The molecule has 3 fully saturated rings. The zero-order valence-electron chi connectivity index (χ0n) is 28.8. The topological polar surface area (TPSA) is 135 Å². The van der Waals surface area contributed by atoms with Crippen LogP contribution in [0.2, 0.25) is 0 Å². The first-order valence-corrected chi connectivity index (χ1v) is 19.1. The molecule has 1 spiro atoms. The van der Waals surface area contributed by atoms with E-state index in [0.29, 0.717) is 45.6 Å². The summed E-state index contributed by atoms with van der Waals surface area (Å²) in [5.41, 5.74) is 0.0452. The van der Waals surface area contributed by atoms with Crippen LogP contribution in [0.5, 0.6) is 0 Å². The van der Waals surface area contributed by atoms with Crippen LogP contribution in [-0.2, 0) is 19.6 Å². The van der Waals surface area contributed by atoms with E-state index in [1.165, 1.54) is 4.31 Å². The lowest BCUT2D eigenvalue weighted by Gasteiger charge is -2.54. The van der Waals surface area contributed by atoms with Gasteiger partial charge >= 0.3 is 0 Å². The summed E-state index contributed by atoms with van der Waals surface area (Å²) >= 11 is 0. The second-order valence-corrected chi connectivity index (χ2v) is 16.0. The van der Waals surface area contributed by atoms with Gasteiger partial charge in [0.15, 0.2) is 0 Å². The molecule has 0 aromatic heterocycles. The molecular formula is C35H54N6O5S. The van der Waals surface area contributed by atoms with Crippen LogP contribution in [0.4, 0.5) is 0 Å². The zero-order valence-corrected chi connectivity index (χ0v) is 29.6. The fourth-order valence-corrected chi connectivity index (χ4v) is 9.82. The molecule has 1 aliphatic carbocycles. The van der Waals surface area contributed by atoms with Crippen LogP contribution in [0.25, 0.3) is 0 Å². The van der Waals surface area contributed by atoms with E-state index in [2.05, 4.69) is 27.4 Å². The second kappa shape index (κ2) is 14.4. The highest BCUT2D eigenvalue weighted by molar-refractivity contribution is 7.89. The second-order valence-electron chi connectivity index (χ2n) is 14.0. The Labute approximate surface area is 280 Å². The van der Waals surface area contributed by atoms with E-state index in [4.69, 9.17) is 0 Å². The van der Waals surface area contributed by atoms with Crippen molar-refractivity contribution >= 4 is 21.8 Å². The van der Waals surface area contributed by atoms with Gasteiger partial charge in [0, 0.05) is 32.7 Å². The van der Waals surface area contributed by atoms with Crippen LogP contribution in [0.15, 0.2) is 51.2 Å². The van der Waals surface area contributed by atoms with Gasteiger partial charge in [-0.1, -0.05) is 58.6 Å². The number of sulfonamides is 1.